The fourth-order valence-electron chi connectivity index (χ4n) is 3.65. The number of nitrogens with one attached hydrogen (secondary N) is 1. The summed E-state index contributed by atoms with van der Waals surface area (Å²) in [6.07, 6.45) is 0.690. The van der Waals surface area contributed by atoms with Crippen molar-refractivity contribution in [1.82, 2.24) is 4.90 Å². The van der Waals surface area contributed by atoms with Crippen LogP contribution in [0.2, 0.25) is 0 Å². The SMILES string of the molecule is COCC(=O)N1CCc2oc(-c3ccc(NC(=O)c4ccccc4C)cc3)cc2C1. The van der Waals surface area contributed by atoms with Crippen LogP contribution in [0.4, 0.5) is 5.69 Å². The largest absolute Gasteiger partial charge is 0.461 e. The molecule has 1 N–H and O–H groups in total. The molecular weight excluding hydrogens is 380 g/mol. The molecule has 6 nitrogen and oxygen atoms in total. The number of furan rings is 1. The van der Waals surface area contributed by atoms with Crippen LogP contribution < -0.4 is 5.32 Å². The van der Waals surface area contributed by atoms with Crippen molar-refractivity contribution in [2.45, 2.75) is 19.9 Å². The van der Waals surface area contributed by atoms with E-state index in [9.17, 15) is 9.59 Å². The number of amides is 2. The summed E-state index contributed by atoms with van der Waals surface area (Å²) >= 11 is 0. The molecule has 6 heteroatoms. The second-order valence-corrected chi connectivity index (χ2v) is 7.40. The second-order valence-electron chi connectivity index (χ2n) is 7.40. The van der Waals surface area contributed by atoms with E-state index < -0.39 is 0 Å². The summed E-state index contributed by atoms with van der Waals surface area (Å²) in [7, 11) is 1.52. The Morgan fingerprint density at radius 1 is 1.13 bits per heavy atom. The van der Waals surface area contributed by atoms with Gasteiger partial charge in [-0.1, -0.05) is 18.2 Å². The number of carbonyl (C=O) groups excluding carboxylic acids is 2. The molecule has 154 valence electrons. The highest BCUT2D eigenvalue weighted by Crippen LogP contribution is 2.30. The molecule has 2 heterocycles. The van der Waals surface area contributed by atoms with E-state index in [1.54, 1.807) is 4.90 Å². The van der Waals surface area contributed by atoms with E-state index in [1.165, 1.54) is 7.11 Å². The first-order chi connectivity index (χ1) is 14.5. The molecule has 2 amide bonds. The van der Waals surface area contributed by atoms with E-state index in [4.69, 9.17) is 9.15 Å². The first-order valence-electron chi connectivity index (χ1n) is 9.91. The Morgan fingerprint density at radius 3 is 2.63 bits per heavy atom. The third-order valence-corrected chi connectivity index (χ3v) is 5.30. The second kappa shape index (κ2) is 8.55. The summed E-state index contributed by atoms with van der Waals surface area (Å²) in [6, 6.07) is 17.1. The van der Waals surface area contributed by atoms with Crippen molar-refractivity contribution < 1.29 is 18.7 Å². The molecular formula is C24H24N2O4. The molecule has 1 aliphatic rings. The number of anilines is 1. The number of aryl methyl sites for hydroxylation is 1. The van der Waals surface area contributed by atoms with Crippen molar-refractivity contribution in [1.29, 1.82) is 0 Å². The molecule has 3 aromatic rings. The highest BCUT2D eigenvalue weighted by Gasteiger charge is 2.24. The van der Waals surface area contributed by atoms with Crippen LogP contribution in [0.1, 0.15) is 27.2 Å². The van der Waals surface area contributed by atoms with Crippen molar-refractivity contribution in [3.05, 3.63) is 77.0 Å². The number of benzene rings is 2. The predicted molar refractivity (Wildman–Crippen MR) is 114 cm³/mol. The molecule has 0 unspecified atom stereocenters. The van der Waals surface area contributed by atoms with Crippen LogP contribution in [0.5, 0.6) is 0 Å². The van der Waals surface area contributed by atoms with Crippen LogP contribution in [-0.2, 0) is 22.5 Å². The first-order valence-corrected chi connectivity index (χ1v) is 9.91. The summed E-state index contributed by atoms with van der Waals surface area (Å²) in [5, 5.41) is 2.93. The topological polar surface area (TPSA) is 71.8 Å². The average Bonchev–Trinajstić information content (AvgIpc) is 3.18. The maximum atomic E-state index is 12.5. The van der Waals surface area contributed by atoms with E-state index in [0.717, 1.165) is 33.9 Å². The normalized spacial score (nSPS) is 13.1. The number of nitrogens with zero attached hydrogens (tertiary/aromatic N) is 1. The van der Waals surface area contributed by atoms with Gasteiger partial charge in [0.25, 0.3) is 5.91 Å². The number of fused-ring (bicyclic) bond motifs is 1. The lowest BCUT2D eigenvalue weighted by Crippen LogP contribution is -2.37. The van der Waals surface area contributed by atoms with Gasteiger partial charge in [-0.3, -0.25) is 9.59 Å². The summed E-state index contributed by atoms with van der Waals surface area (Å²) < 4.78 is 11.0. The lowest BCUT2D eigenvalue weighted by atomic mass is 10.1. The van der Waals surface area contributed by atoms with Gasteiger partial charge in [0.05, 0.1) is 0 Å². The summed E-state index contributed by atoms with van der Waals surface area (Å²) in [5.74, 6) is 1.54. The van der Waals surface area contributed by atoms with Gasteiger partial charge in [-0.25, -0.2) is 0 Å². The Labute approximate surface area is 175 Å². The molecule has 0 bridgehead atoms. The Kier molecular flexibility index (Phi) is 5.68. The van der Waals surface area contributed by atoms with E-state index >= 15 is 0 Å². The minimum atomic E-state index is -0.130. The zero-order chi connectivity index (χ0) is 21.1. The molecule has 0 aliphatic carbocycles. The van der Waals surface area contributed by atoms with Gasteiger partial charge in [-0.15, -0.1) is 0 Å². The van der Waals surface area contributed by atoms with E-state index in [-0.39, 0.29) is 18.4 Å². The van der Waals surface area contributed by atoms with Crippen LogP contribution in [0.15, 0.2) is 59.0 Å². The standard InChI is InChI=1S/C24H24N2O4/c1-16-5-3-4-6-20(16)24(28)25-19-9-7-17(8-10-19)22-13-18-14-26(23(27)15-29-2)12-11-21(18)30-22/h3-10,13H,11-12,14-15H2,1-2H3,(H,25,28). The Hall–Kier alpha value is -3.38. The lowest BCUT2D eigenvalue weighted by Gasteiger charge is -2.25. The van der Waals surface area contributed by atoms with Crippen molar-refractivity contribution in [3.63, 3.8) is 0 Å². The van der Waals surface area contributed by atoms with Gasteiger partial charge in [0, 0.05) is 49.0 Å². The van der Waals surface area contributed by atoms with Gasteiger partial charge in [-0.05, 0) is 48.9 Å². The minimum absolute atomic E-state index is 0.0142. The fraction of sp³-hybridized carbons (Fsp3) is 0.250. The van der Waals surface area contributed by atoms with Crippen molar-refractivity contribution in [3.8, 4) is 11.3 Å². The average molecular weight is 404 g/mol. The van der Waals surface area contributed by atoms with Gasteiger partial charge in [-0.2, -0.15) is 0 Å². The van der Waals surface area contributed by atoms with Crippen molar-refractivity contribution >= 4 is 17.5 Å². The van der Waals surface area contributed by atoms with E-state index in [1.807, 2.05) is 61.5 Å². The van der Waals surface area contributed by atoms with Gasteiger partial charge in [0.15, 0.2) is 0 Å². The number of carbonyl (C=O) groups is 2. The summed E-state index contributed by atoms with van der Waals surface area (Å²) in [4.78, 5) is 26.3. The van der Waals surface area contributed by atoms with Gasteiger partial charge in [0.2, 0.25) is 5.91 Å². The molecule has 1 aliphatic heterocycles. The lowest BCUT2D eigenvalue weighted by molar-refractivity contribution is -0.136. The number of hydrogen-bond donors (Lipinski definition) is 1. The summed E-state index contributed by atoms with van der Waals surface area (Å²) in [6.45, 7) is 3.17. The maximum Gasteiger partial charge on any atom is 0.255 e. The van der Waals surface area contributed by atoms with Gasteiger partial charge in [0.1, 0.15) is 18.1 Å². The quantitative estimate of drug-likeness (QED) is 0.697. The molecule has 0 saturated carbocycles. The first kappa shape index (κ1) is 19.9. The zero-order valence-electron chi connectivity index (χ0n) is 17.1. The van der Waals surface area contributed by atoms with Crippen LogP contribution in [0, 0.1) is 6.92 Å². The van der Waals surface area contributed by atoms with Gasteiger partial charge >= 0.3 is 0 Å². The number of rotatable bonds is 5. The number of methoxy groups -OCH3 is 1. The minimum Gasteiger partial charge on any atom is -0.461 e. The van der Waals surface area contributed by atoms with Crippen molar-refractivity contribution in [2.24, 2.45) is 0 Å². The third kappa shape index (κ3) is 4.14. The van der Waals surface area contributed by atoms with Gasteiger partial charge < -0.3 is 19.4 Å². The molecule has 0 radical (unpaired) electrons. The molecule has 0 saturated heterocycles. The van der Waals surface area contributed by atoms with Crippen LogP contribution in [0.25, 0.3) is 11.3 Å². The highest BCUT2D eigenvalue weighted by atomic mass is 16.5. The Balaban J connectivity index is 1.46. The molecule has 0 atom stereocenters. The van der Waals surface area contributed by atoms with Crippen LogP contribution >= 0.6 is 0 Å². The fourth-order valence-corrected chi connectivity index (χ4v) is 3.65. The summed E-state index contributed by atoms with van der Waals surface area (Å²) in [5.41, 5.74) is 4.27. The molecule has 0 fully saturated rings. The molecule has 0 spiro atoms. The molecule has 2 aromatic carbocycles. The van der Waals surface area contributed by atoms with E-state index in [0.29, 0.717) is 25.1 Å². The zero-order valence-corrected chi connectivity index (χ0v) is 17.1. The molecule has 30 heavy (non-hydrogen) atoms. The molecule has 1 aromatic heterocycles. The predicted octanol–water partition coefficient (Wildman–Crippen LogP) is 4.04. The molecule has 4 rings (SSSR count). The van der Waals surface area contributed by atoms with Crippen molar-refractivity contribution in [2.75, 3.05) is 25.6 Å². The Bertz CT molecular complexity index is 1070. The Morgan fingerprint density at radius 2 is 1.90 bits per heavy atom. The van der Waals surface area contributed by atoms with Crippen LogP contribution in [0.3, 0.4) is 0 Å². The highest BCUT2D eigenvalue weighted by molar-refractivity contribution is 6.05. The monoisotopic (exact) mass is 404 g/mol. The number of ether oxygens (including phenoxy) is 1. The maximum absolute atomic E-state index is 12.5. The number of hydrogen-bond acceptors (Lipinski definition) is 4. The smallest absolute Gasteiger partial charge is 0.255 e. The third-order valence-electron chi connectivity index (χ3n) is 5.30. The van der Waals surface area contributed by atoms with E-state index in [2.05, 4.69) is 5.32 Å². The van der Waals surface area contributed by atoms with Crippen LogP contribution in [-0.4, -0.2) is 37.0 Å².